The van der Waals surface area contributed by atoms with Crippen molar-refractivity contribution < 1.29 is 4.92 Å². The van der Waals surface area contributed by atoms with Gasteiger partial charge in [0.25, 0.3) is 0 Å². The number of benzene rings is 1. The van der Waals surface area contributed by atoms with Gasteiger partial charge in [0.1, 0.15) is 10.7 Å². The number of nitrogens with zero attached hydrogens (tertiary/aromatic N) is 1. The molecule has 1 aromatic rings. The number of nitro groups is 1. The number of halogens is 1. The van der Waals surface area contributed by atoms with Crippen molar-refractivity contribution >= 4 is 23.0 Å². The van der Waals surface area contributed by atoms with Crippen LogP contribution in [0.3, 0.4) is 0 Å². The van der Waals surface area contributed by atoms with E-state index in [1.807, 2.05) is 20.8 Å². The number of anilines is 1. The number of hydrogen-bond donors (Lipinski definition) is 1. The summed E-state index contributed by atoms with van der Waals surface area (Å²) >= 11 is 5.81. The summed E-state index contributed by atoms with van der Waals surface area (Å²) in [6.45, 7) is 5.98. The van der Waals surface area contributed by atoms with Gasteiger partial charge in [0, 0.05) is 5.54 Å². The molecular weight excluding hydrogens is 228 g/mol. The zero-order chi connectivity index (χ0) is 12.3. The molecule has 0 amide bonds. The van der Waals surface area contributed by atoms with Gasteiger partial charge in [-0.25, -0.2) is 0 Å². The fourth-order valence-corrected chi connectivity index (χ4v) is 1.50. The normalized spacial score (nSPS) is 11.2. The summed E-state index contributed by atoms with van der Waals surface area (Å²) < 4.78 is 0. The Balaban J connectivity index is 3.14. The third-order valence-electron chi connectivity index (χ3n) is 2.53. The SMILES string of the molecule is CCC(C)(C)Nc1cccc(Cl)c1[N+](=O)[O-]. The van der Waals surface area contributed by atoms with E-state index >= 15 is 0 Å². The van der Waals surface area contributed by atoms with E-state index in [2.05, 4.69) is 5.32 Å². The van der Waals surface area contributed by atoms with Gasteiger partial charge in [0.15, 0.2) is 0 Å². The van der Waals surface area contributed by atoms with Gasteiger partial charge in [0.2, 0.25) is 0 Å². The average molecular weight is 243 g/mol. The van der Waals surface area contributed by atoms with Crippen molar-refractivity contribution in [3.8, 4) is 0 Å². The molecule has 0 radical (unpaired) electrons. The maximum Gasteiger partial charge on any atom is 0.310 e. The van der Waals surface area contributed by atoms with Crippen LogP contribution in [-0.2, 0) is 0 Å². The Morgan fingerprint density at radius 3 is 2.62 bits per heavy atom. The maximum absolute atomic E-state index is 10.9. The lowest BCUT2D eigenvalue weighted by Crippen LogP contribution is -2.29. The molecule has 0 saturated heterocycles. The molecule has 0 heterocycles. The van der Waals surface area contributed by atoms with Crippen molar-refractivity contribution in [3.63, 3.8) is 0 Å². The van der Waals surface area contributed by atoms with Crippen LogP contribution in [0, 0.1) is 10.1 Å². The molecule has 1 aromatic carbocycles. The van der Waals surface area contributed by atoms with Crippen molar-refractivity contribution in [2.45, 2.75) is 32.7 Å². The molecule has 0 spiro atoms. The molecule has 0 aliphatic rings. The van der Waals surface area contributed by atoms with Crippen LogP contribution in [-0.4, -0.2) is 10.5 Å². The lowest BCUT2D eigenvalue weighted by molar-refractivity contribution is -0.383. The average Bonchev–Trinajstić information content (AvgIpc) is 2.16. The van der Waals surface area contributed by atoms with E-state index in [-0.39, 0.29) is 16.2 Å². The highest BCUT2D eigenvalue weighted by molar-refractivity contribution is 6.33. The van der Waals surface area contributed by atoms with E-state index in [9.17, 15) is 10.1 Å². The minimum Gasteiger partial charge on any atom is -0.375 e. The summed E-state index contributed by atoms with van der Waals surface area (Å²) in [5, 5.41) is 14.2. The highest BCUT2D eigenvalue weighted by Gasteiger charge is 2.23. The number of rotatable bonds is 4. The molecule has 0 aliphatic carbocycles. The molecule has 0 atom stereocenters. The Morgan fingerprint density at radius 2 is 2.12 bits per heavy atom. The highest BCUT2D eigenvalue weighted by Crippen LogP contribution is 2.34. The van der Waals surface area contributed by atoms with Crippen molar-refractivity contribution in [1.82, 2.24) is 0 Å². The Kier molecular flexibility index (Phi) is 3.75. The molecule has 16 heavy (non-hydrogen) atoms. The largest absolute Gasteiger partial charge is 0.375 e. The minimum atomic E-state index is -0.462. The molecule has 0 bridgehead atoms. The second-order valence-electron chi connectivity index (χ2n) is 4.26. The molecule has 88 valence electrons. The number of para-hydroxylation sites is 1. The molecular formula is C11H15ClN2O2. The quantitative estimate of drug-likeness (QED) is 0.645. The van der Waals surface area contributed by atoms with Crippen LogP contribution < -0.4 is 5.32 Å². The molecule has 5 heteroatoms. The first-order chi connectivity index (χ1) is 7.37. The second-order valence-corrected chi connectivity index (χ2v) is 4.66. The van der Waals surface area contributed by atoms with Gasteiger partial charge in [-0.05, 0) is 32.4 Å². The van der Waals surface area contributed by atoms with Gasteiger partial charge in [-0.3, -0.25) is 10.1 Å². The van der Waals surface area contributed by atoms with Crippen LogP contribution >= 0.6 is 11.6 Å². The fourth-order valence-electron chi connectivity index (χ4n) is 1.25. The van der Waals surface area contributed by atoms with Gasteiger partial charge in [-0.15, -0.1) is 0 Å². The molecule has 0 fully saturated rings. The van der Waals surface area contributed by atoms with E-state index in [0.717, 1.165) is 6.42 Å². The predicted octanol–water partition coefficient (Wildman–Crippen LogP) is 3.85. The fraction of sp³-hybridized carbons (Fsp3) is 0.455. The molecule has 0 aromatic heterocycles. The first-order valence-electron chi connectivity index (χ1n) is 5.08. The van der Waals surface area contributed by atoms with Crippen LogP contribution in [0.4, 0.5) is 11.4 Å². The van der Waals surface area contributed by atoms with Crippen molar-refractivity contribution in [2.75, 3.05) is 5.32 Å². The minimum absolute atomic E-state index is 0.0642. The molecule has 0 aliphatic heterocycles. The van der Waals surface area contributed by atoms with Crippen LogP contribution in [0.1, 0.15) is 27.2 Å². The zero-order valence-corrected chi connectivity index (χ0v) is 10.3. The van der Waals surface area contributed by atoms with E-state index in [1.165, 1.54) is 6.07 Å². The highest BCUT2D eigenvalue weighted by atomic mass is 35.5. The standard InChI is InChI=1S/C11H15ClN2O2/c1-4-11(2,3)13-9-7-5-6-8(12)10(9)14(15)16/h5-7,13H,4H2,1-3H3. The van der Waals surface area contributed by atoms with Crippen molar-refractivity contribution in [3.05, 3.63) is 33.3 Å². The van der Waals surface area contributed by atoms with Crippen LogP contribution in [0.2, 0.25) is 5.02 Å². The Morgan fingerprint density at radius 1 is 1.50 bits per heavy atom. The third-order valence-corrected chi connectivity index (χ3v) is 2.83. The van der Waals surface area contributed by atoms with Gasteiger partial charge in [-0.1, -0.05) is 24.6 Å². The number of nitro benzene ring substituents is 1. The van der Waals surface area contributed by atoms with Crippen LogP contribution in [0.5, 0.6) is 0 Å². The van der Waals surface area contributed by atoms with E-state index in [4.69, 9.17) is 11.6 Å². The first-order valence-corrected chi connectivity index (χ1v) is 5.46. The first kappa shape index (κ1) is 12.8. The van der Waals surface area contributed by atoms with Gasteiger partial charge < -0.3 is 5.32 Å². The number of hydrogen-bond acceptors (Lipinski definition) is 3. The molecule has 1 N–H and O–H groups in total. The number of nitrogens with one attached hydrogen (secondary N) is 1. The van der Waals surface area contributed by atoms with Crippen molar-refractivity contribution in [2.24, 2.45) is 0 Å². The summed E-state index contributed by atoms with van der Waals surface area (Å²) in [5.74, 6) is 0. The third kappa shape index (κ3) is 2.85. The smallest absolute Gasteiger partial charge is 0.310 e. The van der Waals surface area contributed by atoms with E-state index < -0.39 is 4.92 Å². The lowest BCUT2D eigenvalue weighted by Gasteiger charge is -2.25. The maximum atomic E-state index is 10.9. The molecule has 0 unspecified atom stereocenters. The monoisotopic (exact) mass is 242 g/mol. The molecule has 1 rings (SSSR count). The lowest BCUT2D eigenvalue weighted by atomic mass is 10.0. The van der Waals surface area contributed by atoms with E-state index in [0.29, 0.717) is 5.69 Å². The van der Waals surface area contributed by atoms with Crippen molar-refractivity contribution in [1.29, 1.82) is 0 Å². The summed E-state index contributed by atoms with van der Waals surface area (Å²) in [6, 6.07) is 4.88. The zero-order valence-electron chi connectivity index (χ0n) is 9.58. The Labute approximate surface area is 99.8 Å². The van der Waals surface area contributed by atoms with Gasteiger partial charge in [-0.2, -0.15) is 0 Å². The Bertz CT molecular complexity index is 405. The molecule has 4 nitrogen and oxygen atoms in total. The topological polar surface area (TPSA) is 55.2 Å². The van der Waals surface area contributed by atoms with Gasteiger partial charge >= 0.3 is 5.69 Å². The van der Waals surface area contributed by atoms with E-state index in [1.54, 1.807) is 12.1 Å². The molecule has 0 saturated carbocycles. The Hall–Kier alpha value is -1.29. The van der Waals surface area contributed by atoms with Crippen LogP contribution in [0.25, 0.3) is 0 Å². The van der Waals surface area contributed by atoms with Gasteiger partial charge in [0.05, 0.1) is 4.92 Å². The predicted molar refractivity (Wildman–Crippen MR) is 66.1 cm³/mol. The van der Waals surface area contributed by atoms with Crippen LogP contribution in [0.15, 0.2) is 18.2 Å². The second kappa shape index (κ2) is 4.70. The summed E-state index contributed by atoms with van der Waals surface area (Å²) in [7, 11) is 0. The summed E-state index contributed by atoms with van der Waals surface area (Å²) in [4.78, 5) is 10.4. The summed E-state index contributed by atoms with van der Waals surface area (Å²) in [6.07, 6.45) is 0.858. The summed E-state index contributed by atoms with van der Waals surface area (Å²) in [5.41, 5.74) is 0.199.